The average molecular weight is 195 g/mol. The normalized spacial score (nSPS) is 11.4. The van der Waals surface area contributed by atoms with Gasteiger partial charge in [0.25, 0.3) is 0 Å². The topological polar surface area (TPSA) is 42.4 Å². The molecule has 0 saturated heterocycles. The van der Waals surface area contributed by atoms with Crippen LogP contribution in [0.2, 0.25) is 0 Å². The van der Waals surface area contributed by atoms with Crippen LogP contribution < -0.4 is 4.74 Å². The summed E-state index contributed by atoms with van der Waals surface area (Å²) in [4.78, 5) is 4.10. The third-order valence-corrected chi connectivity index (χ3v) is 2.24. The van der Waals surface area contributed by atoms with Gasteiger partial charge < -0.3 is 9.84 Å². The molecule has 0 aromatic carbocycles. The SMILES string of the molecule is CCC(C)(C)Oc1ncccc1CO. The van der Waals surface area contributed by atoms with Crippen molar-refractivity contribution in [2.24, 2.45) is 0 Å². The van der Waals surface area contributed by atoms with Crippen LogP contribution in [0.1, 0.15) is 32.8 Å². The standard InChI is InChI=1S/C11H17NO2/c1-4-11(2,3)14-10-9(8-13)6-5-7-12-10/h5-7,13H,4,8H2,1-3H3. The van der Waals surface area contributed by atoms with Crippen molar-refractivity contribution in [3.63, 3.8) is 0 Å². The maximum atomic E-state index is 9.07. The third-order valence-electron chi connectivity index (χ3n) is 2.24. The predicted octanol–water partition coefficient (Wildman–Crippen LogP) is 2.14. The number of pyridine rings is 1. The van der Waals surface area contributed by atoms with Gasteiger partial charge in [-0.05, 0) is 32.4 Å². The molecule has 1 rings (SSSR count). The molecule has 1 aromatic heterocycles. The van der Waals surface area contributed by atoms with Crippen LogP contribution in [0, 0.1) is 0 Å². The highest BCUT2D eigenvalue weighted by Crippen LogP contribution is 2.22. The molecule has 0 atom stereocenters. The maximum absolute atomic E-state index is 9.07. The molecule has 0 aliphatic heterocycles. The molecule has 0 unspecified atom stereocenters. The van der Waals surface area contributed by atoms with E-state index >= 15 is 0 Å². The first-order chi connectivity index (χ1) is 6.59. The molecule has 3 heteroatoms. The number of nitrogens with zero attached hydrogens (tertiary/aromatic N) is 1. The molecular formula is C11H17NO2. The molecule has 3 nitrogen and oxygen atoms in total. The van der Waals surface area contributed by atoms with Gasteiger partial charge in [0.15, 0.2) is 0 Å². The largest absolute Gasteiger partial charge is 0.471 e. The molecular weight excluding hydrogens is 178 g/mol. The summed E-state index contributed by atoms with van der Waals surface area (Å²) < 4.78 is 5.70. The molecule has 14 heavy (non-hydrogen) atoms. The van der Waals surface area contributed by atoms with Crippen LogP contribution in [0.5, 0.6) is 5.88 Å². The minimum Gasteiger partial charge on any atom is -0.471 e. The van der Waals surface area contributed by atoms with Gasteiger partial charge in [0.2, 0.25) is 5.88 Å². The van der Waals surface area contributed by atoms with Crippen LogP contribution in [0.4, 0.5) is 0 Å². The predicted molar refractivity (Wildman–Crippen MR) is 55.2 cm³/mol. The number of hydrogen-bond donors (Lipinski definition) is 1. The second-order valence-electron chi connectivity index (χ2n) is 3.84. The number of aliphatic hydroxyl groups excluding tert-OH is 1. The maximum Gasteiger partial charge on any atom is 0.219 e. The minimum absolute atomic E-state index is 0.0387. The highest BCUT2D eigenvalue weighted by molar-refractivity contribution is 5.24. The fourth-order valence-corrected chi connectivity index (χ4v) is 0.970. The van der Waals surface area contributed by atoms with Crippen LogP contribution in [-0.4, -0.2) is 15.7 Å². The van der Waals surface area contributed by atoms with Crippen molar-refractivity contribution in [2.45, 2.75) is 39.4 Å². The van der Waals surface area contributed by atoms with E-state index in [0.29, 0.717) is 5.88 Å². The van der Waals surface area contributed by atoms with E-state index in [0.717, 1.165) is 12.0 Å². The van der Waals surface area contributed by atoms with Gasteiger partial charge in [-0.2, -0.15) is 0 Å². The van der Waals surface area contributed by atoms with Crippen LogP contribution in [0.25, 0.3) is 0 Å². The van der Waals surface area contributed by atoms with Crippen LogP contribution in [0.3, 0.4) is 0 Å². The fraction of sp³-hybridized carbons (Fsp3) is 0.545. The lowest BCUT2D eigenvalue weighted by Gasteiger charge is -2.24. The lowest BCUT2D eigenvalue weighted by Crippen LogP contribution is -2.27. The zero-order valence-electron chi connectivity index (χ0n) is 8.95. The zero-order valence-corrected chi connectivity index (χ0v) is 8.95. The number of hydrogen-bond acceptors (Lipinski definition) is 3. The van der Waals surface area contributed by atoms with E-state index in [9.17, 15) is 0 Å². The Bertz CT molecular complexity index is 297. The highest BCUT2D eigenvalue weighted by atomic mass is 16.5. The number of ether oxygens (including phenoxy) is 1. The van der Waals surface area contributed by atoms with Crippen molar-refractivity contribution >= 4 is 0 Å². The van der Waals surface area contributed by atoms with Crippen molar-refractivity contribution in [3.8, 4) is 5.88 Å². The van der Waals surface area contributed by atoms with E-state index in [-0.39, 0.29) is 12.2 Å². The van der Waals surface area contributed by atoms with Crippen LogP contribution >= 0.6 is 0 Å². The zero-order chi connectivity index (χ0) is 10.6. The number of aliphatic hydroxyl groups is 1. The molecule has 0 aliphatic rings. The quantitative estimate of drug-likeness (QED) is 0.800. The Labute approximate surface area is 84.7 Å². The third kappa shape index (κ3) is 2.70. The van der Waals surface area contributed by atoms with Crippen molar-refractivity contribution in [3.05, 3.63) is 23.9 Å². The van der Waals surface area contributed by atoms with Crippen molar-refractivity contribution in [2.75, 3.05) is 0 Å². The Kier molecular flexibility index (Phi) is 3.47. The van der Waals surface area contributed by atoms with Gasteiger partial charge in [0.05, 0.1) is 6.61 Å². The average Bonchev–Trinajstić information content (AvgIpc) is 2.18. The second-order valence-corrected chi connectivity index (χ2v) is 3.84. The van der Waals surface area contributed by atoms with Crippen molar-refractivity contribution in [1.82, 2.24) is 4.98 Å². The van der Waals surface area contributed by atoms with Gasteiger partial charge in [-0.1, -0.05) is 6.92 Å². The summed E-state index contributed by atoms with van der Waals surface area (Å²) in [6, 6.07) is 3.60. The molecule has 0 saturated carbocycles. The van der Waals surface area contributed by atoms with E-state index in [1.165, 1.54) is 0 Å². The molecule has 0 fully saturated rings. The minimum atomic E-state index is -0.238. The van der Waals surface area contributed by atoms with Gasteiger partial charge >= 0.3 is 0 Å². The summed E-state index contributed by atoms with van der Waals surface area (Å²) in [6.45, 7) is 6.02. The molecule has 1 aromatic rings. The Morgan fingerprint density at radius 1 is 1.50 bits per heavy atom. The Morgan fingerprint density at radius 3 is 2.79 bits per heavy atom. The fourth-order valence-electron chi connectivity index (χ4n) is 0.970. The molecule has 0 spiro atoms. The van der Waals surface area contributed by atoms with Gasteiger partial charge in [-0.25, -0.2) is 4.98 Å². The van der Waals surface area contributed by atoms with Gasteiger partial charge in [0.1, 0.15) is 5.60 Å². The Balaban J connectivity index is 2.85. The molecule has 0 amide bonds. The number of aromatic nitrogens is 1. The summed E-state index contributed by atoms with van der Waals surface area (Å²) >= 11 is 0. The Morgan fingerprint density at radius 2 is 2.21 bits per heavy atom. The first-order valence-corrected chi connectivity index (χ1v) is 4.83. The van der Waals surface area contributed by atoms with E-state index < -0.39 is 0 Å². The summed E-state index contributed by atoms with van der Waals surface area (Å²) in [5.74, 6) is 0.529. The van der Waals surface area contributed by atoms with Gasteiger partial charge in [-0.3, -0.25) is 0 Å². The van der Waals surface area contributed by atoms with Gasteiger partial charge in [-0.15, -0.1) is 0 Å². The monoisotopic (exact) mass is 195 g/mol. The molecule has 0 aliphatic carbocycles. The van der Waals surface area contributed by atoms with E-state index in [1.54, 1.807) is 12.3 Å². The molecule has 0 radical (unpaired) electrons. The summed E-state index contributed by atoms with van der Waals surface area (Å²) in [6.07, 6.45) is 2.56. The molecule has 1 heterocycles. The molecule has 1 N–H and O–H groups in total. The number of rotatable bonds is 4. The lowest BCUT2D eigenvalue weighted by molar-refractivity contribution is 0.0951. The first-order valence-electron chi connectivity index (χ1n) is 4.83. The summed E-state index contributed by atoms with van der Waals surface area (Å²) in [7, 11) is 0. The van der Waals surface area contributed by atoms with Crippen LogP contribution in [0.15, 0.2) is 18.3 Å². The summed E-state index contributed by atoms with van der Waals surface area (Å²) in [5, 5.41) is 9.07. The second kappa shape index (κ2) is 4.42. The molecule has 0 bridgehead atoms. The smallest absolute Gasteiger partial charge is 0.219 e. The van der Waals surface area contributed by atoms with E-state index in [4.69, 9.17) is 9.84 Å². The van der Waals surface area contributed by atoms with E-state index in [2.05, 4.69) is 11.9 Å². The van der Waals surface area contributed by atoms with Crippen molar-refractivity contribution in [1.29, 1.82) is 0 Å². The van der Waals surface area contributed by atoms with Crippen molar-refractivity contribution < 1.29 is 9.84 Å². The van der Waals surface area contributed by atoms with Gasteiger partial charge in [0, 0.05) is 11.8 Å². The first kappa shape index (κ1) is 11.0. The summed E-state index contributed by atoms with van der Waals surface area (Å²) in [5.41, 5.74) is 0.493. The van der Waals surface area contributed by atoms with Crippen LogP contribution in [-0.2, 0) is 6.61 Å². The lowest BCUT2D eigenvalue weighted by atomic mass is 10.1. The molecule has 78 valence electrons. The Hall–Kier alpha value is -1.09. The highest BCUT2D eigenvalue weighted by Gasteiger charge is 2.18. The van der Waals surface area contributed by atoms with E-state index in [1.807, 2.05) is 19.9 Å².